The van der Waals surface area contributed by atoms with Gasteiger partial charge in [0.15, 0.2) is 0 Å². The van der Waals surface area contributed by atoms with Gasteiger partial charge in [-0.15, -0.1) is 0 Å². The van der Waals surface area contributed by atoms with Crippen LogP contribution in [0, 0.1) is 11.8 Å². The van der Waals surface area contributed by atoms with Crippen LogP contribution in [0.5, 0.6) is 0 Å². The summed E-state index contributed by atoms with van der Waals surface area (Å²) < 4.78 is 0. The molecule has 2 unspecified atom stereocenters. The highest BCUT2D eigenvalue weighted by Gasteiger charge is 2.26. The van der Waals surface area contributed by atoms with Crippen molar-refractivity contribution in [2.24, 2.45) is 11.8 Å². The van der Waals surface area contributed by atoms with Gasteiger partial charge in [-0.2, -0.15) is 0 Å². The summed E-state index contributed by atoms with van der Waals surface area (Å²) in [7, 11) is 0. The molecule has 1 saturated carbocycles. The molecule has 15 heavy (non-hydrogen) atoms. The van der Waals surface area contributed by atoms with E-state index in [9.17, 15) is 5.11 Å². The molecule has 0 bridgehead atoms. The maximum atomic E-state index is 9.25. The minimum absolute atomic E-state index is 0.212. The van der Waals surface area contributed by atoms with Crippen molar-refractivity contribution in [3.05, 3.63) is 0 Å². The van der Waals surface area contributed by atoms with Gasteiger partial charge in [-0.05, 0) is 38.0 Å². The quantitative estimate of drug-likeness (QED) is 0.711. The van der Waals surface area contributed by atoms with E-state index < -0.39 is 0 Å². The second-order valence-corrected chi connectivity index (χ2v) is 5.53. The summed E-state index contributed by atoms with van der Waals surface area (Å²) in [5.41, 5.74) is 0. The van der Waals surface area contributed by atoms with E-state index in [0.717, 1.165) is 18.4 Å². The number of hydrogen-bond acceptors (Lipinski definition) is 2. The van der Waals surface area contributed by atoms with Gasteiger partial charge in [-0.3, -0.25) is 0 Å². The molecular weight excluding hydrogens is 186 g/mol. The summed E-state index contributed by atoms with van der Waals surface area (Å²) in [5, 5.41) is 12.8. The zero-order valence-electron chi connectivity index (χ0n) is 10.5. The maximum absolute atomic E-state index is 9.25. The normalized spacial score (nSPS) is 28.6. The van der Waals surface area contributed by atoms with Crippen molar-refractivity contribution in [3.8, 4) is 0 Å². The van der Waals surface area contributed by atoms with Gasteiger partial charge in [0, 0.05) is 12.6 Å². The van der Waals surface area contributed by atoms with Gasteiger partial charge < -0.3 is 10.4 Å². The molecule has 0 saturated heterocycles. The number of nitrogens with one attached hydrogen (secondary N) is 1. The van der Waals surface area contributed by atoms with Gasteiger partial charge >= 0.3 is 0 Å². The highest BCUT2D eigenvalue weighted by atomic mass is 16.3. The Hall–Kier alpha value is -0.0800. The van der Waals surface area contributed by atoms with Crippen molar-refractivity contribution >= 4 is 0 Å². The molecule has 1 fully saturated rings. The lowest BCUT2D eigenvalue weighted by Crippen LogP contribution is -2.37. The third kappa shape index (κ3) is 4.98. The van der Waals surface area contributed by atoms with Crippen LogP contribution in [0.4, 0.5) is 0 Å². The summed E-state index contributed by atoms with van der Waals surface area (Å²) in [4.78, 5) is 0. The molecule has 1 aliphatic carbocycles. The molecule has 2 heteroatoms. The second-order valence-electron chi connectivity index (χ2n) is 5.53. The van der Waals surface area contributed by atoms with Gasteiger partial charge in [-0.25, -0.2) is 0 Å². The summed E-state index contributed by atoms with van der Waals surface area (Å²) in [6.07, 6.45) is 6.53. The number of rotatable bonds is 6. The van der Waals surface area contributed by atoms with Crippen molar-refractivity contribution in [3.63, 3.8) is 0 Å². The lowest BCUT2D eigenvalue weighted by molar-refractivity contribution is 0.180. The highest BCUT2D eigenvalue weighted by Crippen LogP contribution is 2.30. The Morgan fingerprint density at radius 1 is 1.27 bits per heavy atom. The van der Waals surface area contributed by atoms with E-state index in [1.807, 2.05) is 6.92 Å². The second kappa shape index (κ2) is 6.49. The van der Waals surface area contributed by atoms with Crippen LogP contribution >= 0.6 is 0 Å². The van der Waals surface area contributed by atoms with Crippen molar-refractivity contribution in [2.75, 3.05) is 6.54 Å². The minimum atomic E-state index is -0.212. The Morgan fingerprint density at radius 3 is 2.60 bits per heavy atom. The highest BCUT2D eigenvalue weighted by molar-refractivity contribution is 4.83. The standard InChI is InChI=1S/C13H27NO/c1-10(2)7-8-12-5-4-6-13(12)14-9-11(3)15/h10-15H,4-9H2,1-3H3/t11-,12?,13?/m1/s1. The molecule has 2 nitrogen and oxygen atoms in total. The Balaban J connectivity index is 2.23. The van der Waals surface area contributed by atoms with E-state index in [-0.39, 0.29) is 6.10 Å². The molecule has 0 aromatic rings. The van der Waals surface area contributed by atoms with Crippen molar-refractivity contribution < 1.29 is 5.11 Å². The fraction of sp³-hybridized carbons (Fsp3) is 1.00. The zero-order chi connectivity index (χ0) is 11.3. The summed E-state index contributed by atoms with van der Waals surface area (Å²) in [6, 6.07) is 0.665. The zero-order valence-corrected chi connectivity index (χ0v) is 10.5. The Labute approximate surface area is 94.5 Å². The molecule has 0 radical (unpaired) electrons. The van der Waals surface area contributed by atoms with Crippen LogP contribution < -0.4 is 5.32 Å². The molecule has 3 atom stereocenters. The van der Waals surface area contributed by atoms with E-state index in [1.54, 1.807) is 0 Å². The first-order valence-corrected chi connectivity index (χ1v) is 6.51. The third-order valence-electron chi connectivity index (χ3n) is 3.45. The smallest absolute Gasteiger partial charge is 0.0636 e. The Bertz CT molecular complexity index is 150. The van der Waals surface area contributed by atoms with Gasteiger partial charge in [0.25, 0.3) is 0 Å². The summed E-state index contributed by atoms with van der Waals surface area (Å²) >= 11 is 0. The number of aliphatic hydroxyl groups excluding tert-OH is 1. The molecule has 0 aromatic heterocycles. The lowest BCUT2D eigenvalue weighted by atomic mass is 9.93. The molecular formula is C13H27NO. The minimum Gasteiger partial charge on any atom is -0.392 e. The molecule has 0 heterocycles. The topological polar surface area (TPSA) is 32.3 Å². The lowest BCUT2D eigenvalue weighted by Gasteiger charge is -2.22. The van der Waals surface area contributed by atoms with Crippen molar-refractivity contribution in [1.29, 1.82) is 0 Å². The monoisotopic (exact) mass is 213 g/mol. The fourth-order valence-electron chi connectivity index (χ4n) is 2.52. The van der Waals surface area contributed by atoms with E-state index >= 15 is 0 Å². The molecule has 1 aliphatic rings. The Morgan fingerprint density at radius 2 is 2.00 bits per heavy atom. The van der Waals surface area contributed by atoms with Crippen LogP contribution in [0.2, 0.25) is 0 Å². The average Bonchev–Trinajstić information content (AvgIpc) is 2.58. The summed E-state index contributed by atoms with van der Waals surface area (Å²) in [6.45, 7) is 7.20. The first kappa shape index (κ1) is 13.0. The Kier molecular flexibility index (Phi) is 5.62. The largest absolute Gasteiger partial charge is 0.392 e. The average molecular weight is 213 g/mol. The van der Waals surface area contributed by atoms with Gasteiger partial charge in [0.1, 0.15) is 0 Å². The first-order chi connectivity index (χ1) is 7.09. The molecule has 0 spiro atoms. The van der Waals surface area contributed by atoms with Crippen molar-refractivity contribution in [2.45, 2.75) is 65.0 Å². The van der Waals surface area contributed by atoms with Crippen LogP contribution in [0.3, 0.4) is 0 Å². The van der Waals surface area contributed by atoms with Crippen LogP contribution in [0.15, 0.2) is 0 Å². The van der Waals surface area contributed by atoms with E-state index in [1.165, 1.54) is 32.1 Å². The van der Waals surface area contributed by atoms with Crippen LogP contribution in [-0.4, -0.2) is 23.8 Å². The number of hydrogen-bond donors (Lipinski definition) is 2. The number of aliphatic hydroxyl groups is 1. The SMILES string of the molecule is CC(C)CCC1CCCC1NC[C@@H](C)O. The molecule has 0 aromatic carbocycles. The van der Waals surface area contributed by atoms with Gasteiger partial charge in [-0.1, -0.05) is 26.7 Å². The molecule has 90 valence electrons. The predicted molar refractivity (Wildman–Crippen MR) is 64.9 cm³/mol. The third-order valence-corrected chi connectivity index (χ3v) is 3.45. The van der Waals surface area contributed by atoms with Crippen LogP contribution in [0.25, 0.3) is 0 Å². The van der Waals surface area contributed by atoms with Gasteiger partial charge in [0.2, 0.25) is 0 Å². The molecule has 0 aliphatic heterocycles. The molecule has 1 rings (SSSR count). The fourth-order valence-corrected chi connectivity index (χ4v) is 2.52. The van der Waals surface area contributed by atoms with Crippen LogP contribution in [0.1, 0.15) is 52.9 Å². The maximum Gasteiger partial charge on any atom is 0.0636 e. The van der Waals surface area contributed by atoms with Crippen molar-refractivity contribution in [1.82, 2.24) is 5.32 Å². The van der Waals surface area contributed by atoms with E-state index in [0.29, 0.717) is 6.04 Å². The first-order valence-electron chi connectivity index (χ1n) is 6.51. The van der Waals surface area contributed by atoms with Crippen LogP contribution in [-0.2, 0) is 0 Å². The van der Waals surface area contributed by atoms with Gasteiger partial charge in [0.05, 0.1) is 6.10 Å². The van der Waals surface area contributed by atoms with E-state index in [4.69, 9.17) is 0 Å². The van der Waals surface area contributed by atoms with E-state index in [2.05, 4.69) is 19.2 Å². The summed E-state index contributed by atoms with van der Waals surface area (Å²) in [5.74, 6) is 1.68. The molecule has 0 amide bonds. The molecule has 2 N–H and O–H groups in total. The predicted octanol–water partition coefficient (Wildman–Crippen LogP) is 2.56.